The van der Waals surface area contributed by atoms with E-state index < -0.39 is 18.9 Å². The van der Waals surface area contributed by atoms with Crippen LogP contribution in [0, 0.1) is 0 Å². The third-order valence-electron chi connectivity index (χ3n) is 2.41. The highest BCUT2D eigenvalue weighted by Gasteiger charge is 2.29. The van der Waals surface area contributed by atoms with Crippen LogP contribution in [0.1, 0.15) is 0 Å². The van der Waals surface area contributed by atoms with Crippen LogP contribution in [-0.4, -0.2) is 29.1 Å². The Bertz CT molecular complexity index is 673. The summed E-state index contributed by atoms with van der Waals surface area (Å²) in [5.74, 6) is 0. The van der Waals surface area contributed by atoms with E-state index in [1.54, 1.807) is 12.1 Å². The van der Waals surface area contributed by atoms with Crippen LogP contribution >= 0.6 is 0 Å². The Labute approximate surface area is 115 Å². The van der Waals surface area contributed by atoms with Crippen molar-refractivity contribution < 1.29 is 22.7 Å². The Morgan fingerprint density at radius 1 is 1.19 bits per heavy atom. The number of aromatic amines is 2. The molecule has 2 rings (SSSR count). The fraction of sp³-hybridized carbons (Fsp3) is 0.167. The van der Waals surface area contributed by atoms with Crippen molar-refractivity contribution in [3.05, 3.63) is 40.7 Å². The van der Waals surface area contributed by atoms with Gasteiger partial charge in [0, 0.05) is 11.8 Å². The molecule has 1 heterocycles. The number of rotatable bonds is 3. The molecule has 1 aromatic carbocycles. The van der Waals surface area contributed by atoms with E-state index in [2.05, 4.69) is 20.3 Å². The molecule has 0 aliphatic rings. The third-order valence-corrected chi connectivity index (χ3v) is 2.41. The number of hydrogen-bond donors (Lipinski definition) is 3. The zero-order valence-electron chi connectivity index (χ0n) is 10.5. The first-order chi connectivity index (χ1) is 9.83. The molecule has 1 aromatic heterocycles. The van der Waals surface area contributed by atoms with Crippen molar-refractivity contribution in [2.45, 2.75) is 6.18 Å². The first-order valence-electron chi connectivity index (χ1n) is 5.72. The smallest absolute Gasteiger partial charge is 0.422 e. The van der Waals surface area contributed by atoms with Crippen LogP contribution in [0.15, 0.2) is 35.1 Å². The molecule has 0 radical (unpaired) electrons. The van der Waals surface area contributed by atoms with Gasteiger partial charge in [0.1, 0.15) is 0 Å². The predicted molar refractivity (Wildman–Crippen MR) is 67.9 cm³/mol. The van der Waals surface area contributed by atoms with Crippen molar-refractivity contribution in [1.29, 1.82) is 0 Å². The molecule has 0 saturated carbocycles. The lowest BCUT2D eigenvalue weighted by atomic mass is 10.1. The van der Waals surface area contributed by atoms with Crippen LogP contribution in [0.25, 0.3) is 11.3 Å². The SMILES string of the molecule is O=C(Nc1ccc(-c2cc(=O)[nH][nH]2)cc1)OCC(F)(F)F. The molecule has 0 spiro atoms. The van der Waals surface area contributed by atoms with Crippen LogP contribution in [0.4, 0.5) is 23.7 Å². The van der Waals surface area contributed by atoms with Crippen molar-refractivity contribution in [2.24, 2.45) is 0 Å². The average molecular weight is 301 g/mol. The van der Waals surface area contributed by atoms with Crippen molar-refractivity contribution in [3.8, 4) is 11.3 Å². The van der Waals surface area contributed by atoms with Crippen LogP contribution in [-0.2, 0) is 4.74 Å². The summed E-state index contributed by atoms with van der Waals surface area (Å²) in [4.78, 5) is 22.1. The summed E-state index contributed by atoms with van der Waals surface area (Å²) in [6.07, 6.45) is -5.77. The number of carbonyl (C=O) groups excluding carboxylic acids is 1. The lowest BCUT2D eigenvalue weighted by Gasteiger charge is -2.09. The minimum atomic E-state index is -4.57. The van der Waals surface area contributed by atoms with E-state index in [0.29, 0.717) is 11.3 Å². The first kappa shape index (κ1) is 14.7. The largest absolute Gasteiger partial charge is 0.440 e. The minimum absolute atomic E-state index is 0.267. The van der Waals surface area contributed by atoms with Gasteiger partial charge in [-0.05, 0) is 17.7 Å². The molecular weight excluding hydrogens is 291 g/mol. The van der Waals surface area contributed by atoms with Crippen LogP contribution in [0.3, 0.4) is 0 Å². The van der Waals surface area contributed by atoms with E-state index in [1.165, 1.54) is 18.2 Å². The second-order valence-corrected chi connectivity index (χ2v) is 4.07. The normalized spacial score (nSPS) is 11.2. The number of nitrogens with one attached hydrogen (secondary N) is 3. The topological polar surface area (TPSA) is 87.0 Å². The van der Waals surface area contributed by atoms with E-state index in [0.717, 1.165) is 0 Å². The highest BCUT2D eigenvalue weighted by Crippen LogP contribution is 2.19. The van der Waals surface area contributed by atoms with E-state index in [4.69, 9.17) is 0 Å². The van der Waals surface area contributed by atoms with Gasteiger partial charge in [-0.25, -0.2) is 4.79 Å². The molecule has 1 amide bonds. The van der Waals surface area contributed by atoms with E-state index in [-0.39, 0.29) is 11.2 Å². The molecule has 0 unspecified atom stereocenters. The van der Waals surface area contributed by atoms with Gasteiger partial charge >= 0.3 is 12.3 Å². The summed E-state index contributed by atoms with van der Waals surface area (Å²) >= 11 is 0. The number of hydrogen-bond acceptors (Lipinski definition) is 3. The maximum Gasteiger partial charge on any atom is 0.422 e. The number of alkyl halides is 3. The number of ether oxygens (including phenoxy) is 1. The Kier molecular flexibility index (Phi) is 4.01. The molecule has 112 valence electrons. The molecule has 0 aliphatic heterocycles. The molecular formula is C12H10F3N3O3. The minimum Gasteiger partial charge on any atom is -0.440 e. The number of aromatic nitrogens is 2. The van der Waals surface area contributed by atoms with Crippen LogP contribution in [0.5, 0.6) is 0 Å². The van der Waals surface area contributed by atoms with Gasteiger partial charge in [-0.3, -0.25) is 20.3 Å². The number of benzene rings is 1. The van der Waals surface area contributed by atoms with Crippen molar-refractivity contribution in [2.75, 3.05) is 11.9 Å². The summed E-state index contributed by atoms with van der Waals surface area (Å²) in [6, 6.07) is 7.45. The predicted octanol–water partition coefficient (Wildman–Crippen LogP) is 2.48. The molecule has 0 aliphatic carbocycles. The number of carbonyl (C=O) groups is 1. The van der Waals surface area contributed by atoms with E-state index in [1.807, 2.05) is 0 Å². The number of H-pyrrole nitrogens is 2. The Morgan fingerprint density at radius 3 is 2.38 bits per heavy atom. The van der Waals surface area contributed by atoms with Gasteiger partial charge in [-0.1, -0.05) is 12.1 Å². The first-order valence-corrected chi connectivity index (χ1v) is 5.72. The van der Waals surface area contributed by atoms with Gasteiger partial charge in [0.15, 0.2) is 6.61 Å². The summed E-state index contributed by atoms with van der Waals surface area (Å²) in [6.45, 7) is -1.65. The molecule has 2 aromatic rings. The van der Waals surface area contributed by atoms with Gasteiger partial charge < -0.3 is 4.74 Å². The molecule has 0 saturated heterocycles. The van der Waals surface area contributed by atoms with Gasteiger partial charge in [0.25, 0.3) is 5.56 Å². The lowest BCUT2D eigenvalue weighted by molar-refractivity contribution is -0.159. The van der Waals surface area contributed by atoms with E-state index >= 15 is 0 Å². The molecule has 9 heteroatoms. The summed E-state index contributed by atoms with van der Waals surface area (Å²) < 4.78 is 39.6. The second-order valence-electron chi connectivity index (χ2n) is 4.07. The lowest BCUT2D eigenvalue weighted by Crippen LogP contribution is -2.23. The molecule has 0 fully saturated rings. The molecule has 21 heavy (non-hydrogen) atoms. The summed E-state index contributed by atoms with van der Waals surface area (Å²) in [7, 11) is 0. The van der Waals surface area contributed by atoms with Crippen LogP contribution in [0.2, 0.25) is 0 Å². The van der Waals surface area contributed by atoms with Crippen molar-refractivity contribution in [3.63, 3.8) is 0 Å². The number of halogens is 3. The van der Waals surface area contributed by atoms with E-state index in [9.17, 15) is 22.8 Å². The highest BCUT2D eigenvalue weighted by molar-refractivity contribution is 5.85. The number of amides is 1. The Balaban J connectivity index is 1.96. The van der Waals surface area contributed by atoms with Crippen LogP contribution < -0.4 is 10.9 Å². The zero-order chi connectivity index (χ0) is 15.5. The maximum absolute atomic E-state index is 11.9. The molecule has 0 bridgehead atoms. The Morgan fingerprint density at radius 2 is 1.86 bits per heavy atom. The van der Waals surface area contributed by atoms with Crippen molar-refractivity contribution in [1.82, 2.24) is 10.2 Å². The summed E-state index contributed by atoms with van der Waals surface area (Å²) in [5, 5.41) is 7.17. The highest BCUT2D eigenvalue weighted by atomic mass is 19.4. The Hall–Kier alpha value is -2.71. The third kappa shape index (κ3) is 4.41. The molecule has 0 atom stereocenters. The monoisotopic (exact) mass is 301 g/mol. The van der Waals surface area contributed by atoms with Gasteiger partial charge in [0.05, 0.1) is 5.69 Å². The number of anilines is 1. The fourth-order valence-electron chi connectivity index (χ4n) is 1.52. The standard InChI is InChI=1S/C12H10F3N3O3/c13-12(14,15)6-21-11(20)16-8-3-1-7(2-4-8)9-5-10(19)18-17-9/h1-5H,6H2,(H,16,20)(H2,17,18,19). The molecule has 6 nitrogen and oxygen atoms in total. The average Bonchev–Trinajstić information content (AvgIpc) is 2.83. The van der Waals surface area contributed by atoms with Gasteiger partial charge in [-0.2, -0.15) is 13.2 Å². The van der Waals surface area contributed by atoms with Crippen molar-refractivity contribution >= 4 is 11.8 Å². The zero-order valence-corrected chi connectivity index (χ0v) is 10.5. The second kappa shape index (κ2) is 5.73. The quantitative estimate of drug-likeness (QED) is 0.814. The molecule has 3 N–H and O–H groups in total. The maximum atomic E-state index is 11.9. The van der Waals surface area contributed by atoms with Gasteiger partial charge in [-0.15, -0.1) is 0 Å². The fourth-order valence-corrected chi connectivity index (χ4v) is 1.52. The summed E-state index contributed by atoms with van der Waals surface area (Å²) in [5.41, 5.74) is 1.19. The van der Waals surface area contributed by atoms with Gasteiger partial charge in [0.2, 0.25) is 0 Å².